The molecule has 0 saturated heterocycles. The number of non-ortho nitro benzene ring substituents is 1. The van der Waals surface area contributed by atoms with Gasteiger partial charge in [-0.15, -0.1) is 0 Å². The molecule has 8 nitrogen and oxygen atoms in total. The van der Waals surface area contributed by atoms with Crippen LogP contribution in [0.25, 0.3) is 0 Å². The van der Waals surface area contributed by atoms with Crippen molar-refractivity contribution >= 4 is 21.4 Å². The summed E-state index contributed by atoms with van der Waals surface area (Å²) in [7, 11) is -2.29. The molecule has 118 valence electrons. The van der Waals surface area contributed by atoms with Gasteiger partial charge < -0.3 is 10.1 Å². The summed E-state index contributed by atoms with van der Waals surface area (Å²) in [5.74, 6) is 0. The van der Waals surface area contributed by atoms with Crippen molar-refractivity contribution in [1.82, 2.24) is 4.72 Å². The van der Waals surface area contributed by atoms with Gasteiger partial charge in [0.1, 0.15) is 4.90 Å². The Labute approximate surface area is 123 Å². The number of nitro groups is 1. The quantitative estimate of drug-likeness (QED) is 0.553. The van der Waals surface area contributed by atoms with Crippen LogP contribution in [0, 0.1) is 10.1 Å². The molecule has 0 amide bonds. The van der Waals surface area contributed by atoms with Crippen molar-refractivity contribution in [3.63, 3.8) is 0 Å². The first-order chi connectivity index (χ1) is 9.81. The molecule has 0 spiro atoms. The van der Waals surface area contributed by atoms with Crippen molar-refractivity contribution < 1.29 is 18.1 Å². The Bertz CT molecular complexity index is 603. The maximum absolute atomic E-state index is 12.3. The van der Waals surface area contributed by atoms with Crippen LogP contribution in [0.5, 0.6) is 0 Å². The lowest BCUT2D eigenvalue weighted by Crippen LogP contribution is -2.36. The number of nitrogens with one attached hydrogen (secondary N) is 2. The molecule has 0 aromatic heterocycles. The molecule has 9 heteroatoms. The number of anilines is 1. The maximum atomic E-state index is 12.3. The van der Waals surface area contributed by atoms with E-state index in [0.717, 1.165) is 6.07 Å². The van der Waals surface area contributed by atoms with Crippen molar-refractivity contribution in [1.29, 1.82) is 0 Å². The van der Waals surface area contributed by atoms with Gasteiger partial charge in [-0.25, -0.2) is 13.1 Å². The van der Waals surface area contributed by atoms with E-state index in [1.807, 2.05) is 6.92 Å². The molecule has 0 aliphatic carbocycles. The van der Waals surface area contributed by atoms with Crippen LogP contribution in [0.1, 0.15) is 13.8 Å². The zero-order valence-electron chi connectivity index (χ0n) is 12.1. The van der Waals surface area contributed by atoms with Crippen molar-refractivity contribution in [2.45, 2.75) is 24.8 Å². The molecule has 2 N–H and O–H groups in total. The summed E-state index contributed by atoms with van der Waals surface area (Å²) in [5, 5.41) is 13.4. The summed E-state index contributed by atoms with van der Waals surface area (Å²) < 4.78 is 32.2. The van der Waals surface area contributed by atoms with Gasteiger partial charge in [0, 0.05) is 31.8 Å². The number of hydrogen-bond acceptors (Lipinski definition) is 6. The molecule has 0 aliphatic heterocycles. The Morgan fingerprint density at radius 2 is 2.10 bits per heavy atom. The van der Waals surface area contributed by atoms with Gasteiger partial charge in [0.2, 0.25) is 10.0 Å². The van der Waals surface area contributed by atoms with E-state index in [1.165, 1.54) is 19.2 Å². The maximum Gasteiger partial charge on any atom is 0.271 e. The fourth-order valence-electron chi connectivity index (χ4n) is 1.72. The molecule has 0 radical (unpaired) electrons. The van der Waals surface area contributed by atoms with Crippen molar-refractivity contribution in [3.05, 3.63) is 28.3 Å². The fraction of sp³-hybridized carbons (Fsp3) is 0.500. The van der Waals surface area contributed by atoms with Gasteiger partial charge in [0.15, 0.2) is 0 Å². The number of rotatable bonds is 8. The zero-order valence-corrected chi connectivity index (χ0v) is 12.9. The number of hydrogen-bond donors (Lipinski definition) is 2. The normalized spacial score (nSPS) is 12.9. The van der Waals surface area contributed by atoms with E-state index in [-0.39, 0.29) is 22.9 Å². The summed E-state index contributed by atoms with van der Waals surface area (Å²) in [5.41, 5.74) is -0.0130. The van der Waals surface area contributed by atoms with E-state index >= 15 is 0 Å². The van der Waals surface area contributed by atoms with E-state index in [2.05, 4.69) is 10.0 Å². The topological polar surface area (TPSA) is 111 Å². The fourth-order valence-corrected chi connectivity index (χ4v) is 3.14. The molecule has 0 bridgehead atoms. The molecule has 1 aromatic rings. The monoisotopic (exact) mass is 317 g/mol. The molecule has 21 heavy (non-hydrogen) atoms. The molecule has 0 heterocycles. The van der Waals surface area contributed by atoms with E-state index in [4.69, 9.17) is 4.74 Å². The van der Waals surface area contributed by atoms with Gasteiger partial charge in [0.05, 0.1) is 17.2 Å². The van der Waals surface area contributed by atoms with E-state index in [1.54, 1.807) is 6.92 Å². The van der Waals surface area contributed by atoms with Crippen LogP contribution in [-0.4, -0.2) is 39.6 Å². The lowest BCUT2D eigenvalue weighted by atomic mass is 10.3. The third kappa shape index (κ3) is 4.66. The molecule has 1 atom stereocenters. The minimum Gasteiger partial charge on any atom is -0.387 e. The molecule has 0 fully saturated rings. The number of nitrogens with zero attached hydrogens (tertiary/aromatic N) is 1. The minimum atomic E-state index is -3.79. The number of ether oxygens (including phenoxy) is 1. The third-order valence-corrected chi connectivity index (χ3v) is 4.31. The van der Waals surface area contributed by atoms with Gasteiger partial charge in [-0.05, 0) is 19.9 Å². The first-order valence-electron chi connectivity index (χ1n) is 6.38. The Morgan fingerprint density at radius 3 is 2.62 bits per heavy atom. The van der Waals surface area contributed by atoms with Gasteiger partial charge in [-0.3, -0.25) is 10.1 Å². The predicted octanol–water partition coefficient (Wildman–Crippen LogP) is 1.34. The smallest absolute Gasteiger partial charge is 0.271 e. The Balaban J connectivity index is 3.05. The first kappa shape index (κ1) is 17.3. The van der Waals surface area contributed by atoms with E-state index in [9.17, 15) is 18.5 Å². The highest BCUT2D eigenvalue weighted by molar-refractivity contribution is 7.89. The summed E-state index contributed by atoms with van der Waals surface area (Å²) in [6.07, 6.45) is 0. The van der Waals surface area contributed by atoms with Crippen LogP contribution in [0.4, 0.5) is 11.4 Å². The highest BCUT2D eigenvalue weighted by Crippen LogP contribution is 2.26. The molecule has 1 aromatic carbocycles. The van der Waals surface area contributed by atoms with Gasteiger partial charge in [-0.1, -0.05) is 0 Å². The van der Waals surface area contributed by atoms with Gasteiger partial charge in [0.25, 0.3) is 5.69 Å². The SMILES string of the molecule is CCOCC(C)NS(=O)(=O)c1ccc([N+](=O)[O-])cc1NC. The van der Waals surface area contributed by atoms with Crippen molar-refractivity contribution in [3.8, 4) is 0 Å². The van der Waals surface area contributed by atoms with Crippen molar-refractivity contribution in [2.75, 3.05) is 25.6 Å². The van der Waals surface area contributed by atoms with E-state index in [0.29, 0.717) is 6.61 Å². The minimum absolute atomic E-state index is 0.0426. The number of sulfonamides is 1. The standard InChI is InChI=1S/C12H19N3O5S/c1-4-20-8-9(2)14-21(18,19)12-6-5-10(15(16)17)7-11(12)13-3/h5-7,9,13-14H,4,8H2,1-3H3. The summed E-state index contributed by atoms with van der Waals surface area (Å²) >= 11 is 0. The van der Waals surface area contributed by atoms with E-state index < -0.39 is 21.0 Å². The number of benzene rings is 1. The van der Waals surface area contributed by atoms with Crippen LogP contribution in [0.2, 0.25) is 0 Å². The lowest BCUT2D eigenvalue weighted by molar-refractivity contribution is -0.384. The molecule has 0 saturated carbocycles. The van der Waals surface area contributed by atoms with Crippen LogP contribution in [0.15, 0.2) is 23.1 Å². The van der Waals surface area contributed by atoms with Crippen molar-refractivity contribution in [2.24, 2.45) is 0 Å². The van der Waals surface area contributed by atoms with Crippen LogP contribution < -0.4 is 10.0 Å². The summed E-state index contributed by atoms with van der Waals surface area (Å²) in [6, 6.07) is 3.14. The lowest BCUT2D eigenvalue weighted by Gasteiger charge is -2.16. The largest absolute Gasteiger partial charge is 0.387 e. The number of nitro benzene ring substituents is 1. The second-order valence-electron chi connectivity index (χ2n) is 4.37. The van der Waals surface area contributed by atoms with Gasteiger partial charge in [-0.2, -0.15) is 0 Å². The molecule has 0 aliphatic rings. The zero-order chi connectivity index (χ0) is 16.0. The Kier molecular flexibility index (Phi) is 6.06. The van der Waals surface area contributed by atoms with Crippen LogP contribution in [-0.2, 0) is 14.8 Å². The highest BCUT2D eigenvalue weighted by atomic mass is 32.2. The average Bonchev–Trinajstić information content (AvgIpc) is 2.43. The molecule has 1 unspecified atom stereocenters. The molecule has 1 rings (SSSR count). The first-order valence-corrected chi connectivity index (χ1v) is 7.86. The average molecular weight is 317 g/mol. The molecular weight excluding hydrogens is 298 g/mol. The third-order valence-electron chi connectivity index (χ3n) is 2.66. The Hall–Kier alpha value is -1.71. The van der Waals surface area contributed by atoms with Crippen LogP contribution in [0.3, 0.4) is 0 Å². The van der Waals surface area contributed by atoms with Gasteiger partial charge >= 0.3 is 0 Å². The van der Waals surface area contributed by atoms with Crippen LogP contribution >= 0.6 is 0 Å². The molecular formula is C12H19N3O5S. The second kappa shape index (κ2) is 7.34. The second-order valence-corrected chi connectivity index (χ2v) is 6.05. The Morgan fingerprint density at radius 1 is 1.43 bits per heavy atom. The summed E-state index contributed by atoms with van der Waals surface area (Å²) in [6.45, 7) is 4.23. The summed E-state index contributed by atoms with van der Waals surface area (Å²) in [4.78, 5) is 10.1. The highest BCUT2D eigenvalue weighted by Gasteiger charge is 2.22. The predicted molar refractivity (Wildman–Crippen MR) is 78.9 cm³/mol.